The van der Waals surface area contributed by atoms with Gasteiger partial charge in [-0.05, 0) is 57.0 Å². The number of hydrogen-bond acceptors (Lipinski definition) is 8. The van der Waals surface area contributed by atoms with E-state index in [1.54, 1.807) is 28.8 Å². The molecule has 4 heterocycles. The number of methoxy groups -OCH3 is 1. The molecule has 194 valence electrons. The fourth-order valence-electron chi connectivity index (χ4n) is 4.62. The number of nitrogens with one attached hydrogen (secondary N) is 1. The van der Waals surface area contributed by atoms with Gasteiger partial charge in [-0.3, -0.25) is 4.79 Å². The number of piperidine rings is 1. The molecule has 1 fully saturated rings. The van der Waals surface area contributed by atoms with E-state index in [4.69, 9.17) is 20.9 Å². The zero-order chi connectivity index (χ0) is 26.1. The summed E-state index contributed by atoms with van der Waals surface area (Å²) in [5.41, 5.74) is 2.22. The number of benzene rings is 1. The number of carbonyl (C=O) groups is 2. The molecule has 37 heavy (non-hydrogen) atoms. The lowest BCUT2D eigenvalue weighted by Crippen LogP contribution is -2.47. The number of halogens is 1. The van der Waals surface area contributed by atoms with Crippen LogP contribution in [-0.2, 0) is 11.3 Å². The summed E-state index contributed by atoms with van der Waals surface area (Å²) in [7, 11) is 1.33. The molecule has 4 aromatic rings. The maximum absolute atomic E-state index is 13.5. The average Bonchev–Trinajstić information content (AvgIpc) is 3.62. The maximum atomic E-state index is 13.5. The second-order valence-electron chi connectivity index (χ2n) is 9.38. The largest absolute Gasteiger partial charge is 0.465 e. The SMILES string of the molecule is COC(=O)c1ccc2nc(C(=O)NC3CCN(C(C)C)CC3)n(Cc3cc(-c4ccc(Cl)s4)on3)c2c1. The third kappa shape index (κ3) is 5.41. The van der Waals surface area contributed by atoms with Crippen LogP contribution in [0.1, 0.15) is 53.4 Å². The second kappa shape index (κ2) is 10.6. The second-order valence-corrected chi connectivity index (χ2v) is 11.1. The van der Waals surface area contributed by atoms with Gasteiger partial charge >= 0.3 is 5.97 Å². The molecular formula is C26H28ClN5O4S. The van der Waals surface area contributed by atoms with E-state index in [0.29, 0.717) is 38.4 Å². The molecule has 11 heteroatoms. The van der Waals surface area contributed by atoms with E-state index in [1.807, 2.05) is 12.1 Å². The number of rotatable bonds is 7. The third-order valence-electron chi connectivity index (χ3n) is 6.66. The van der Waals surface area contributed by atoms with Gasteiger partial charge in [0, 0.05) is 31.2 Å². The number of likely N-dealkylation sites (tertiary alicyclic amines) is 1. The summed E-state index contributed by atoms with van der Waals surface area (Å²) in [6, 6.07) is 11.1. The Morgan fingerprint density at radius 2 is 2.00 bits per heavy atom. The van der Waals surface area contributed by atoms with Crippen molar-refractivity contribution in [1.29, 1.82) is 0 Å². The van der Waals surface area contributed by atoms with Crippen LogP contribution in [0.4, 0.5) is 0 Å². The van der Waals surface area contributed by atoms with E-state index in [-0.39, 0.29) is 24.3 Å². The van der Waals surface area contributed by atoms with Crippen molar-refractivity contribution in [3.05, 3.63) is 57.8 Å². The molecule has 0 bridgehead atoms. The number of nitrogens with zero attached hydrogens (tertiary/aromatic N) is 4. The Morgan fingerprint density at radius 3 is 2.68 bits per heavy atom. The zero-order valence-electron chi connectivity index (χ0n) is 20.9. The van der Waals surface area contributed by atoms with Gasteiger partial charge in [0.25, 0.3) is 5.91 Å². The van der Waals surface area contributed by atoms with Crippen LogP contribution in [0.15, 0.2) is 40.9 Å². The minimum Gasteiger partial charge on any atom is -0.465 e. The molecule has 9 nitrogen and oxygen atoms in total. The first-order valence-electron chi connectivity index (χ1n) is 12.2. The molecule has 1 aliphatic rings. The van der Waals surface area contributed by atoms with Crippen molar-refractivity contribution >= 4 is 45.8 Å². The van der Waals surface area contributed by atoms with Crippen molar-refractivity contribution in [2.75, 3.05) is 20.2 Å². The van der Waals surface area contributed by atoms with Gasteiger partial charge in [-0.2, -0.15) is 0 Å². The van der Waals surface area contributed by atoms with E-state index in [0.717, 1.165) is 30.8 Å². The minimum atomic E-state index is -0.462. The Kier molecular flexibility index (Phi) is 7.32. The molecule has 0 spiro atoms. The molecule has 1 N–H and O–H groups in total. The molecule has 0 radical (unpaired) electrons. The normalized spacial score (nSPS) is 14.9. The maximum Gasteiger partial charge on any atom is 0.337 e. The van der Waals surface area contributed by atoms with E-state index in [9.17, 15) is 9.59 Å². The fraction of sp³-hybridized carbons (Fsp3) is 0.385. The zero-order valence-corrected chi connectivity index (χ0v) is 22.4. The molecule has 0 saturated carbocycles. The summed E-state index contributed by atoms with van der Waals surface area (Å²) in [6.45, 7) is 6.49. The predicted octanol–water partition coefficient (Wildman–Crippen LogP) is 4.84. The lowest BCUT2D eigenvalue weighted by Gasteiger charge is -2.34. The lowest BCUT2D eigenvalue weighted by atomic mass is 10.0. The van der Waals surface area contributed by atoms with Crippen LogP contribution in [-0.4, -0.2) is 63.8 Å². The van der Waals surface area contributed by atoms with E-state index >= 15 is 0 Å². The summed E-state index contributed by atoms with van der Waals surface area (Å²) < 4.78 is 12.9. The molecule has 1 saturated heterocycles. The van der Waals surface area contributed by atoms with Crippen LogP contribution in [0.3, 0.4) is 0 Å². The fourth-order valence-corrected chi connectivity index (χ4v) is 5.61. The summed E-state index contributed by atoms with van der Waals surface area (Å²) in [4.78, 5) is 33.5. The summed E-state index contributed by atoms with van der Waals surface area (Å²) in [5, 5.41) is 7.38. The summed E-state index contributed by atoms with van der Waals surface area (Å²) >= 11 is 7.46. The molecule has 5 rings (SSSR count). The van der Waals surface area contributed by atoms with Crippen molar-refractivity contribution in [3.63, 3.8) is 0 Å². The topological polar surface area (TPSA) is 102 Å². The Morgan fingerprint density at radius 1 is 1.22 bits per heavy atom. The lowest BCUT2D eigenvalue weighted by molar-refractivity contribution is 0.0600. The molecule has 1 aromatic carbocycles. The minimum absolute atomic E-state index is 0.0728. The number of hydrogen-bond donors (Lipinski definition) is 1. The quantitative estimate of drug-likeness (QED) is 0.334. The molecule has 1 aliphatic heterocycles. The molecule has 0 aliphatic carbocycles. The molecule has 0 unspecified atom stereocenters. The summed E-state index contributed by atoms with van der Waals surface area (Å²) in [6.07, 6.45) is 1.76. The van der Waals surface area contributed by atoms with Crippen LogP contribution in [0, 0.1) is 0 Å². The van der Waals surface area contributed by atoms with E-state index in [2.05, 4.69) is 34.2 Å². The van der Waals surface area contributed by atoms with Crippen LogP contribution in [0.2, 0.25) is 4.34 Å². The predicted molar refractivity (Wildman–Crippen MR) is 142 cm³/mol. The summed E-state index contributed by atoms with van der Waals surface area (Å²) in [5.74, 6) is 0.130. The van der Waals surface area contributed by atoms with Crippen LogP contribution in [0.5, 0.6) is 0 Å². The standard InChI is InChI=1S/C26H28ClN5O4S/c1-15(2)31-10-8-17(9-11-31)28-25(33)24-29-19-5-4-16(26(34)35-3)12-20(19)32(24)14-18-13-21(36-30-18)22-6-7-23(27)37-22/h4-7,12-13,15,17H,8-11,14H2,1-3H3,(H,28,33). The van der Waals surface area contributed by atoms with Crippen molar-refractivity contribution in [2.24, 2.45) is 0 Å². The van der Waals surface area contributed by atoms with Gasteiger partial charge in [0.05, 0.1) is 39.5 Å². The number of fused-ring (bicyclic) bond motifs is 1. The average molecular weight is 542 g/mol. The molecular weight excluding hydrogens is 514 g/mol. The van der Waals surface area contributed by atoms with Crippen molar-refractivity contribution < 1.29 is 18.8 Å². The van der Waals surface area contributed by atoms with E-state index < -0.39 is 5.97 Å². The number of esters is 1. The van der Waals surface area contributed by atoms with Gasteiger partial charge in [0.15, 0.2) is 11.6 Å². The number of ether oxygens (including phenoxy) is 1. The molecule has 3 aromatic heterocycles. The van der Waals surface area contributed by atoms with Gasteiger partial charge < -0.3 is 24.0 Å². The highest BCUT2D eigenvalue weighted by atomic mass is 35.5. The molecule has 0 atom stereocenters. The first-order valence-corrected chi connectivity index (χ1v) is 13.4. The van der Waals surface area contributed by atoms with Crippen LogP contribution >= 0.6 is 22.9 Å². The van der Waals surface area contributed by atoms with Gasteiger partial charge in [0.2, 0.25) is 0 Å². The molecule has 1 amide bonds. The number of amides is 1. The van der Waals surface area contributed by atoms with Gasteiger partial charge in [-0.15, -0.1) is 11.3 Å². The highest BCUT2D eigenvalue weighted by Crippen LogP contribution is 2.32. The van der Waals surface area contributed by atoms with Gasteiger partial charge in [0.1, 0.15) is 5.69 Å². The monoisotopic (exact) mass is 541 g/mol. The number of carbonyl (C=O) groups excluding carboxylic acids is 2. The Hall–Kier alpha value is -3.21. The van der Waals surface area contributed by atoms with Gasteiger partial charge in [-0.1, -0.05) is 16.8 Å². The Balaban J connectivity index is 1.45. The van der Waals surface area contributed by atoms with Crippen molar-refractivity contribution in [2.45, 2.75) is 45.3 Å². The van der Waals surface area contributed by atoms with Crippen LogP contribution in [0.25, 0.3) is 21.7 Å². The van der Waals surface area contributed by atoms with E-state index in [1.165, 1.54) is 18.4 Å². The first kappa shape index (κ1) is 25.4. The highest BCUT2D eigenvalue weighted by Gasteiger charge is 2.26. The Bertz CT molecular complexity index is 1430. The van der Waals surface area contributed by atoms with Gasteiger partial charge in [-0.25, -0.2) is 9.78 Å². The number of thiophene rings is 1. The first-order chi connectivity index (χ1) is 17.8. The third-order valence-corrected chi connectivity index (χ3v) is 7.91. The van der Waals surface area contributed by atoms with Crippen LogP contribution < -0.4 is 5.32 Å². The number of imidazole rings is 1. The number of aromatic nitrogens is 3. The Labute approximate surface area is 223 Å². The smallest absolute Gasteiger partial charge is 0.337 e. The highest BCUT2D eigenvalue weighted by molar-refractivity contribution is 7.19. The van der Waals surface area contributed by atoms with Crippen molar-refractivity contribution in [1.82, 2.24) is 24.9 Å². The van der Waals surface area contributed by atoms with Crippen molar-refractivity contribution in [3.8, 4) is 10.6 Å².